The van der Waals surface area contributed by atoms with Crippen molar-refractivity contribution < 1.29 is 19.4 Å². The lowest BCUT2D eigenvalue weighted by atomic mass is 10.1. The van der Waals surface area contributed by atoms with Gasteiger partial charge >= 0.3 is 5.97 Å². The lowest BCUT2D eigenvalue weighted by Crippen LogP contribution is -2.37. The third kappa shape index (κ3) is 6.58. The van der Waals surface area contributed by atoms with Crippen LogP contribution in [0.3, 0.4) is 0 Å². The van der Waals surface area contributed by atoms with E-state index in [1.54, 1.807) is 24.3 Å². The molecule has 0 atom stereocenters. The molecule has 0 amide bonds. The van der Waals surface area contributed by atoms with Gasteiger partial charge < -0.3 is 19.9 Å². The largest absolute Gasteiger partial charge is 0.494 e. The minimum Gasteiger partial charge on any atom is -0.494 e. The first-order chi connectivity index (χ1) is 12.4. The third-order valence-electron chi connectivity index (χ3n) is 3.72. The van der Waals surface area contributed by atoms with E-state index in [1.807, 2.05) is 24.3 Å². The molecule has 0 aliphatic heterocycles. The van der Waals surface area contributed by atoms with Crippen molar-refractivity contribution in [1.82, 2.24) is 5.32 Å². The van der Waals surface area contributed by atoms with E-state index in [0.29, 0.717) is 17.4 Å². The maximum Gasteiger partial charge on any atom is 0.347 e. The van der Waals surface area contributed by atoms with Gasteiger partial charge in [0, 0.05) is 11.6 Å². The first kappa shape index (κ1) is 20.1. The molecule has 0 unspecified atom stereocenters. The number of nitrogens with one attached hydrogen (secondary N) is 1. The highest BCUT2D eigenvalue weighted by atomic mass is 35.5. The number of halogens is 1. The van der Waals surface area contributed by atoms with Gasteiger partial charge in [0.1, 0.15) is 11.5 Å². The standard InChI is InChI=1S/C20H24ClNO4/c1-20(2,19(23)24)26-18-8-4-15(5-9-18)14-22-12-3-13-25-17-10-6-16(21)7-11-17/h4-11,22H,3,12-14H2,1-2H3,(H,23,24). The molecule has 0 aliphatic carbocycles. The quantitative estimate of drug-likeness (QED) is 0.609. The van der Waals surface area contributed by atoms with Crippen molar-refractivity contribution >= 4 is 17.6 Å². The van der Waals surface area contributed by atoms with Crippen LogP contribution in [0.4, 0.5) is 0 Å². The number of benzene rings is 2. The van der Waals surface area contributed by atoms with Gasteiger partial charge in [-0.25, -0.2) is 4.79 Å². The predicted octanol–water partition coefficient (Wildman–Crippen LogP) is 4.14. The van der Waals surface area contributed by atoms with Crippen molar-refractivity contribution in [2.75, 3.05) is 13.2 Å². The molecule has 2 rings (SSSR count). The van der Waals surface area contributed by atoms with Crippen LogP contribution in [-0.4, -0.2) is 29.8 Å². The van der Waals surface area contributed by atoms with Gasteiger partial charge in [-0.2, -0.15) is 0 Å². The van der Waals surface area contributed by atoms with E-state index in [9.17, 15) is 4.79 Å². The summed E-state index contributed by atoms with van der Waals surface area (Å²) in [6.45, 7) is 5.24. The number of hydrogen-bond donors (Lipinski definition) is 2. The highest BCUT2D eigenvalue weighted by molar-refractivity contribution is 6.30. The molecule has 26 heavy (non-hydrogen) atoms. The normalized spacial score (nSPS) is 11.2. The fourth-order valence-corrected chi connectivity index (χ4v) is 2.29. The Labute approximate surface area is 158 Å². The predicted molar refractivity (Wildman–Crippen MR) is 102 cm³/mol. The van der Waals surface area contributed by atoms with Gasteiger partial charge in [-0.3, -0.25) is 0 Å². The SMILES string of the molecule is CC(C)(Oc1ccc(CNCCCOc2ccc(Cl)cc2)cc1)C(=O)O. The van der Waals surface area contributed by atoms with E-state index < -0.39 is 11.6 Å². The topological polar surface area (TPSA) is 67.8 Å². The molecule has 140 valence electrons. The smallest absolute Gasteiger partial charge is 0.347 e. The monoisotopic (exact) mass is 377 g/mol. The first-order valence-electron chi connectivity index (χ1n) is 8.47. The molecule has 5 nitrogen and oxygen atoms in total. The summed E-state index contributed by atoms with van der Waals surface area (Å²) in [6.07, 6.45) is 0.886. The van der Waals surface area contributed by atoms with Crippen LogP contribution in [0.5, 0.6) is 11.5 Å². The highest BCUT2D eigenvalue weighted by Gasteiger charge is 2.29. The Hall–Kier alpha value is -2.24. The van der Waals surface area contributed by atoms with Gasteiger partial charge in [-0.1, -0.05) is 23.7 Å². The number of rotatable bonds is 10. The van der Waals surface area contributed by atoms with Crippen LogP contribution in [0.1, 0.15) is 25.8 Å². The minimum atomic E-state index is -1.25. The van der Waals surface area contributed by atoms with Crippen molar-refractivity contribution in [2.24, 2.45) is 0 Å². The van der Waals surface area contributed by atoms with Gasteiger partial charge in [-0.05, 0) is 68.8 Å². The second-order valence-corrected chi connectivity index (χ2v) is 6.83. The Kier molecular flexibility index (Phi) is 7.30. The fraction of sp³-hybridized carbons (Fsp3) is 0.350. The molecule has 0 saturated heterocycles. The summed E-state index contributed by atoms with van der Waals surface area (Å²) < 4.78 is 11.1. The summed E-state index contributed by atoms with van der Waals surface area (Å²) in [5.41, 5.74) is -0.145. The van der Waals surface area contributed by atoms with Gasteiger partial charge in [0.2, 0.25) is 0 Å². The number of carbonyl (C=O) groups is 1. The molecule has 0 aliphatic rings. The van der Waals surface area contributed by atoms with Crippen molar-refractivity contribution in [2.45, 2.75) is 32.4 Å². The van der Waals surface area contributed by atoms with Crippen LogP contribution in [0.25, 0.3) is 0 Å². The molecule has 0 bridgehead atoms. The van der Waals surface area contributed by atoms with Crippen LogP contribution in [0.2, 0.25) is 5.02 Å². The summed E-state index contributed by atoms with van der Waals surface area (Å²) in [4.78, 5) is 11.1. The zero-order valence-electron chi connectivity index (χ0n) is 15.0. The Morgan fingerprint density at radius 1 is 1.08 bits per heavy atom. The minimum absolute atomic E-state index is 0.539. The summed E-state index contributed by atoms with van der Waals surface area (Å²) in [6, 6.07) is 14.7. The van der Waals surface area contributed by atoms with Crippen LogP contribution in [0.15, 0.2) is 48.5 Å². The Balaban J connectivity index is 1.65. The van der Waals surface area contributed by atoms with Gasteiger partial charge in [0.05, 0.1) is 6.61 Å². The molecule has 2 N–H and O–H groups in total. The molecule has 2 aromatic rings. The van der Waals surface area contributed by atoms with Crippen molar-refractivity contribution in [1.29, 1.82) is 0 Å². The zero-order chi connectivity index (χ0) is 19.0. The van der Waals surface area contributed by atoms with Crippen LogP contribution >= 0.6 is 11.6 Å². The van der Waals surface area contributed by atoms with Crippen molar-refractivity contribution in [3.63, 3.8) is 0 Å². The Morgan fingerprint density at radius 2 is 1.69 bits per heavy atom. The second kappa shape index (κ2) is 9.46. The molecular weight excluding hydrogens is 354 g/mol. The van der Waals surface area contributed by atoms with Crippen molar-refractivity contribution in [3.05, 3.63) is 59.1 Å². The number of ether oxygens (including phenoxy) is 2. The molecule has 0 heterocycles. The Bertz CT molecular complexity index is 699. The highest BCUT2D eigenvalue weighted by Crippen LogP contribution is 2.19. The summed E-state index contributed by atoms with van der Waals surface area (Å²) >= 11 is 5.83. The molecule has 0 aromatic heterocycles. The Morgan fingerprint density at radius 3 is 2.31 bits per heavy atom. The number of carboxylic acids is 1. The molecule has 2 aromatic carbocycles. The number of carboxylic acid groups (broad SMARTS) is 1. The van der Waals surface area contributed by atoms with Gasteiger partial charge in [0.25, 0.3) is 0 Å². The molecule has 0 radical (unpaired) electrons. The van der Waals surface area contributed by atoms with Crippen molar-refractivity contribution in [3.8, 4) is 11.5 Å². The summed E-state index contributed by atoms with van der Waals surface area (Å²) in [5, 5.41) is 13.1. The second-order valence-electron chi connectivity index (χ2n) is 6.39. The van der Waals surface area contributed by atoms with Crippen LogP contribution < -0.4 is 14.8 Å². The van der Waals surface area contributed by atoms with E-state index in [1.165, 1.54) is 13.8 Å². The maximum absolute atomic E-state index is 11.1. The van der Waals surface area contributed by atoms with Gasteiger partial charge in [0.15, 0.2) is 5.60 Å². The van der Waals surface area contributed by atoms with E-state index >= 15 is 0 Å². The molecular formula is C20H24ClNO4. The van der Waals surface area contributed by atoms with Crippen LogP contribution in [-0.2, 0) is 11.3 Å². The first-order valence-corrected chi connectivity index (χ1v) is 8.85. The molecule has 0 spiro atoms. The van der Waals surface area contributed by atoms with E-state index in [2.05, 4.69) is 5.32 Å². The zero-order valence-corrected chi connectivity index (χ0v) is 15.8. The fourth-order valence-electron chi connectivity index (χ4n) is 2.16. The van der Waals surface area contributed by atoms with E-state index in [-0.39, 0.29) is 0 Å². The van der Waals surface area contributed by atoms with E-state index in [0.717, 1.165) is 30.8 Å². The van der Waals surface area contributed by atoms with Gasteiger partial charge in [-0.15, -0.1) is 0 Å². The summed E-state index contributed by atoms with van der Waals surface area (Å²) in [5.74, 6) is 0.357. The lowest BCUT2D eigenvalue weighted by molar-refractivity contribution is -0.152. The summed E-state index contributed by atoms with van der Waals surface area (Å²) in [7, 11) is 0. The number of aliphatic carboxylic acids is 1. The molecule has 6 heteroatoms. The average molecular weight is 378 g/mol. The lowest BCUT2D eigenvalue weighted by Gasteiger charge is -2.21. The van der Waals surface area contributed by atoms with E-state index in [4.69, 9.17) is 26.2 Å². The third-order valence-corrected chi connectivity index (χ3v) is 3.97. The number of hydrogen-bond acceptors (Lipinski definition) is 4. The average Bonchev–Trinajstić information content (AvgIpc) is 2.60. The molecule has 0 fully saturated rings. The van der Waals surface area contributed by atoms with Crippen LogP contribution in [0, 0.1) is 0 Å². The molecule has 0 saturated carbocycles. The maximum atomic E-state index is 11.1.